The minimum absolute atomic E-state index is 0.128. The van der Waals surface area contributed by atoms with Crippen molar-refractivity contribution >= 4 is 10.0 Å². The SMILES string of the molecule is CNS(=O)(=O)c1ccc(-c2nc(-c3ccc(=O)n(Cc4cccc(OCCOC)c4)c3)no2)cc1. The molecule has 4 aromatic rings. The fraction of sp³-hybridized carbons (Fsp3) is 0.208. The van der Waals surface area contributed by atoms with Gasteiger partial charge in [0.15, 0.2) is 0 Å². The highest BCUT2D eigenvalue weighted by molar-refractivity contribution is 7.89. The van der Waals surface area contributed by atoms with Gasteiger partial charge in [-0.15, -0.1) is 0 Å². The first-order valence-electron chi connectivity index (χ1n) is 10.7. The molecule has 0 spiro atoms. The summed E-state index contributed by atoms with van der Waals surface area (Å²) in [6, 6.07) is 16.7. The largest absolute Gasteiger partial charge is 0.491 e. The molecule has 4 rings (SSSR count). The van der Waals surface area contributed by atoms with Gasteiger partial charge < -0.3 is 18.6 Å². The molecule has 11 heteroatoms. The predicted octanol–water partition coefficient (Wildman–Crippen LogP) is 2.55. The van der Waals surface area contributed by atoms with Crippen LogP contribution in [0.15, 0.2) is 81.1 Å². The topological polar surface area (TPSA) is 126 Å². The molecule has 0 aliphatic heterocycles. The quantitative estimate of drug-likeness (QED) is 0.332. The summed E-state index contributed by atoms with van der Waals surface area (Å²) in [5.41, 5.74) is 1.88. The Labute approximate surface area is 202 Å². The van der Waals surface area contributed by atoms with Gasteiger partial charge in [-0.05, 0) is 55.1 Å². The number of ether oxygens (including phenoxy) is 2. The second-order valence-corrected chi connectivity index (χ2v) is 9.41. The summed E-state index contributed by atoms with van der Waals surface area (Å²) in [6.45, 7) is 1.25. The van der Waals surface area contributed by atoms with Crippen LogP contribution in [0.25, 0.3) is 22.8 Å². The highest BCUT2D eigenvalue weighted by atomic mass is 32.2. The van der Waals surface area contributed by atoms with Gasteiger partial charge in [0, 0.05) is 30.5 Å². The zero-order valence-electron chi connectivity index (χ0n) is 19.2. The van der Waals surface area contributed by atoms with E-state index in [0.717, 1.165) is 5.56 Å². The van der Waals surface area contributed by atoms with E-state index in [4.69, 9.17) is 14.0 Å². The Bertz CT molecular complexity index is 1460. The third kappa shape index (κ3) is 5.83. The van der Waals surface area contributed by atoms with E-state index < -0.39 is 10.0 Å². The third-order valence-corrected chi connectivity index (χ3v) is 6.59. The van der Waals surface area contributed by atoms with Crippen LogP contribution in [0.5, 0.6) is 5.75 Å². The Morgan fingerprint density at radius 3 is 2.54 bits per heavy atom. The molecule has 0 aliphatic carbocycles. The summed E-state index contributed by atoms with van der Waals surface area (Å²) >= 11 is 0. The fourth-order valence-corrected chi connectivity index (χ4v) is 4.04. The van der Waals surface area contributed by atoms with Gasteiger partial charge in [0.25, 0.3) is 11.4 Å². The summed E-state index contributed by atoms with van der Waals surface area (Å²) in [5, 5.41) is 4.02. The van der Waals surface area contributed by atoms with E-state index in [1.54, 1.807) is 36.1 Å². The van der Waals surface area contributed by atoms with Crippen LogP contribution in [0, 0.1) is 0 Å². The molecule has 35 heavy (non-hydrogen) atoms. The van der Waals surface area contributed by atoms with Crippen LogP contribution in [0.2, 0.25) is 0 Å². The number of hydrogen-bond acceptors (Lipinski definition) is 8. The van der Waals surface area contributed by atoms with Gasteiger partial charge in [-0.3, -0.25) is 4.79 Å². The average Bonchev–Trinajstić information content (AvgIpc) is 3.36. The predicted molar refractivity (Wildman–Crippen MR) is 129 cm³/mol. The molecule has 2 aromatic carbocycles. The van der Waals surface area contributed by atoms with Crippen LogP contribution < -0.4 is 15.0 Å². The molecular weight excluding hydrogens is 472 g/mol. The minimum atomic E-state index is -3.54. The Morgan fingerprint density at radius 2 is 1.80 bits per heavy atom. The molecule has 0 bridgehead atoms. The van der Waals surface area contributed by atoms with Crippen molar-refractivity contribution in [3.63, 3.8) is 0 Å². The monoisotopic (exact) mass is 496 g/mol. The van der Waals surface area contributed by atoms with Crippen LogP contribution in [-0.2, 0) is 21.3 Å². The standard InChI is InChI=1S/C24H24N4O6S/c1-25-35(30,31)21-9-6-18(7-10-21)24-26-23(27-34-24)19-8-11-22(29)28(16-19)15-17-4-3-5-20(14-17)33-13-12-32-2/h3-11,14,16,25H,12-13,15H2,1-2H3. The summed E-state index contributed by atoms with van der Waals surface area (Å²) in [6.07, 6.45) is 1.66. The molecule has 0 amide bonds. The van der Waals surface area contributed by atoms with E-state index in [9.17, 15) is 13.2 Å². The van der Waals surface area contributed by atoms with Gasteiger partial charge >= 0.3 is 0 Å². The first-order chi connectivity index (χ1) is 16.9. The minimum Gasteiger partial charge on any atom is -0.491 e. The van der Waals surface area contributed by atoms with Crippen molar-refractivity contribution in [2.75, 3.05) is 27.4 Å². The number of nitrogens with zero attached hydrogens (tertiary/aromatic N) is 3. The van der Waals surface area contributed by atoms with Crippen molar-refractivity contribution in [2.45, 2.75) is 11.4 Å². The molecule has 10 nitrogen and oxygen atoms in total. The van der Waals surface area contributed by atoms with Gasteiger partial charge in [-0.25, -0.2) is 13.1 Å². The second-order valence-electron chi connectivity index (χ2n) is 7.53. The first kappa shape index (κ1) is 24.3. The molecule has 182 valence electrons. The number of nitrogens with one attached hydrogen (secondary N) is 1. The highest BCUT2D eigenvalue weighted by Gasteiger charge is 2.15. The number of aromatic nitrogens is 3. The number of sulfonamides is 1. The number of rotatable bonds is 10. The van der Waals surface area contributed by atoms with Gasteiger partial charge in [0.1, 0.15) is 12.4 Å². The van der Waals surface area contributed by atoms with Gasteiger partial charge in [0.2, 0.25) is 15.8 Å². The molecule has 0 fully saturated rings. The lowest BCUT2D eigenvalue weighted by molar-refractivity contribution is 0.146. The molecule has 0 aliphatic rings. The first-order valence-corrected chi connectivity index (χ1v) is 12.2. The lowest BCUT2D eigenvalue weighted by atomic mass is 10.2. The van der Waals surface area contributed by atoms with E-state index in [2.05, 4.69) is 14.9 Å². The Hall–Kier alpha value is -3.80. The molecule has 0 radical (unpaired) electrons. The molecule has 0 saturated heterocycles. The molecule has 2 aromatic heterocycles. The number of hydrogen-bond donors (Lipinski definition) is 1. The second kappa shape index (κ2) is 10.6. The van der Waals surface area contributed by atoms with Crippen LogP contribution >= 0.6 is 0 Å². The molecular formula is C24H24N4O6S. The van der Waals surface area contributed by atoms with Crippen LogP contribution in [0.1, 0.15) is 5.56 Å². The van der Waals surface area contributed by atoms with E-state index in [-0.39, 0.29) is 16.3 Å². The third-order valence-electron chi connectivity index (χ3n) is 5.16. The van der Waals surface area contributed by atoms with Crippen molar-refractivity contribution < 1.29 is 22.4 Å². The number of pyridine rings is 1. The van der Waals surface area contributed by atoms with Crippen molar-refractivity contribution in [2.24, 2.45) is 0 Å². The van der Waals surface area contributed by atoms with Gasteiger partial charge in [-0.1, -0.05) is 17.3 Å². The average molecular weight is 497 g/mol. The molecule has 0 atom stereocenters. The van der Waals surface area contributed by atoms with E-state index in [0.29, 0.717) is 42.5 Å². The zero-order chi connectivity index (χ0) is 24.8. The summed E-state index contributed by atoms with van der Waals surface area (Å²) in [7, 11) is -0.583. The van der Waals surface area contributed by atoms with E-state index in [1.807, 2.05) is 24.3 Å². The van der Waals surface area contributed by atoms with Crippen molar-refractivity contribution in [1.29, 1.82) is 0 Å². The maximum Gasteiger partial charge on any atom is 0.258 e. The molecule has 0 saturated carbocycles. The Morgan fingerprint density at radius 1 is 1.03 bits per heavy atom. The lowest BCUT2D eigenvalue weighted by Crippen LogP contribution is -2.19. The zero-order valence-corrected chi connectivity index (χ0v) is 20.0. The van der Waals surface area contributed by atoms with Crippen molar-refractivity contribution in [3.05, 3.63) is 82.8 Å². The van der Waals surface area contributed by atoms with Crippen LogP contribution in [-0.4, -0.2) is 50.5 Å². The summed E-state index contributed by atoms with van der Waals surface area (Å²) in [4.78, 5) is 17.0. The lowest BCUT2D eigenvalue weighted by Gasteiger charge is -2.10. The summed E-state index contributed by atoms with van der Waals surface area (Å²) in [5.74, 6) is 1.23. The molecule has 0 unspecified atom stereocenters. The highest BCUT2D eigenvalue weighted by Crippen LogP contribution is 2.23. The fourth-order valence-electron chi connectivity index (χ4n) is 3.31. The Kier molecular flexibility index (Phi) is 7.39. The molecule has 2 heterocycles. The maximum atomic E-state index is 12.5. The molecule has 1 N–H and O–H groups in total. The van der Waals surface area contributed by atoms with Crippen molar-refractivity contribution in [3.8, 4) is 28.6 Å². The Balaban J connectivity index is 1.54. The van der Waals surface area contributed by atoms with E-state index >= 15 is 0 Å². The normalized spacial score (nSPS) is 11.5. The van der Waals surface area contributed by atoms with Crippen LogP contribution in [0.4, 0.5) is 0 Å². The van der Waals surface area contributed by atoms with E-state index in [1.165, 1.54) is 25.2 Å². The number of methoxy groups -OCH3 is 1. The van der Waals surface area contributed by atoms with Gasteiger partial charge in [0.05, 0.1) is 18.0 Å². The van der Waals surface area contributed by atoms with Crippen LogP contribution in [0.3, 0.4) is 0 Å². The van der Waals surface area contributed by atoms with Crippen molar-refractivity contribution in [1.82, 2.24) is 19.4 Å². The summed E-state index contributed by atoms with van der Waals surface area (Å²) < 4.78 is 43.6. The maximum absolute atomic E-state index is 12.5. The smallest absolute Gasteiger partial charge is 0.258 e. The van der Waals surface area contributed by atoms with Gasteiger partial charge in [-0.2, -0.15) is 4.98 Å². The number of benzene rings is 2.